The molecule has 0 spiro atoms. The van der Waals surface area contributed by atoms with Crippen molar-refractivity contribution in [3.63, 3.8) is 0 Å². The predicted octanol–water partition coefficient (Wildman–Crippen LogP) is 2.72. The van der Waals surface area contributed by atoms with Crippen LogP contribution in [0, 0.1) is 6.92 Å². The molecule has 1 aliphatic heterocycles. The summed E-state index contributed by atoms with van der Waals surface area (Å²) in [7, 11) is 0. The van der Waals surface area contributed by atoms with Gasteiger partial charge in [0.25, 0.3) is 0 Å². The number of rotatable bonds is 0. The molecule has 3 aromatic rings. The minimum Gasteiger partial charge on any atom is -0.374 e. The van der Waals surface area contributed by atoms with Gasteiger partial charge in [0, 0.05) is 22.2 Å². The van der Waals surface area contributed by atoms with E-state index < -0.39 is 0 Å². The summed E-state index contributed by atoms with van der Waals surface area (Å²) in [5.74, 6) is -0.00446. The van der Waals surface area contributed by atoms with Crippen LogP contribution in [0.1, 0.15) is 23.2 Å². The lowest BCUT2D eigenvalue weighted by molar-refractivity contribution is -0.114. The Labute approximate surface area is 132 Å². The molecule has 4 N–H and O–H groups in total. The molecule has 1 aliphatic carbocycles. The summed E-state index contributed by atoms with van der Waals surface area (Å²) in [6.45, 7) is 2.41. The van der Waals surface area contributed by atoms with Crippen LogP contribution in [0.2, 0.25) is 0 Å². The Morgan fingerprint density at radius 3 is 2.91 bits per heavy atom. The Morgan fingerprint density at radius 2 is 2.00 bits per heavy atom. The van der Waals surface area contributed by atoms with E-state index in [2.05, 4.69) is 38.8 Å². The van der Waals surface area contributed by atoms with Crippen molar-refractivity contribution in [3.8, 4) is 11.4 Å². The number of nitrogens with zero attached hydrogens (tertiary/aromatic N) is 1. The van der Waals surface area contributed by atoms with Crippen molar-refractivity contribution in [2.75, 3.05) is 17.2 Å². The van der Waals surface area contributed by atoms with Gasteiger partial charge in [0.1, 0.15) is 5.69 Å². The van der Waals surface area contributed by atoms with Crippen LogP contribution in [-0.2, 0) is 17.6 Å². The van der Waals surface area contributed by atoms with Gasteiger partial charge >= 0.3 is 0 Å². The smallest absolute Gasteiger partial charge is 0.243 e. The van der Waals surface area contributed by atoms with Crippen LogP contribution in [0.5, 0.6) is 0 Å². The van der Waals surface area contributed by atoms with Gasteiger partial charge in [0.05, 0.1) is 23.6 Å². The fourth-order valence-corrected chi connectivity index (χ4v) is 3.79. The minimum absolute atomic E-state index is 0.00446. The second kappa shape index (κ2) is 4.38. The summed E-state index contributed by atoms with van der Waals surface area (Å²) >= 11 is 0. The first-order chi connectivity index (χ1) is 11.2. The number of nitrogens with one attached hydrogen (secondary N) is 4. The number of hydrogen-bond donors (Lipinski definition) is 4. The van der Waals surface area contributed by atoms with E-state index in [0.29, 0.717) is 6.54 Å². The standard InChI is InChI=1S/C17H17N5O/c1-8-9-3-2-4-10-11-5-13-14(19-15(23)7-18-13)6-12(11)20-16(10)17(9)22-21-8/h5-6,18,20H,2-4,7H2,1H3,(H,19,23)(H,21,22). The van der Waals surface area contributed by atoms with Crippen LogP contribution >= 0.6 is 0 Å². The Hall–Kier alpha value is -2.76. The highest BCUT2D eigenvalue weighted by Crippen LogP contribution is 2.39. The van der Waals surface area contributed by atoms with Crippen molar-refractivity contribution in [1.82, 2.24) is 15.2 Å². The zero-order chi connectivity index (χ0) is 15.6. The fourth-order valence-electron chi connectivity index (χ4n) is 3.79. The highest BCUT2D eigenvalue weighted by atomic mass is 16.2. The van der Waals surface area contributed by atoms with E-state index >= 15 is 0 Å². The van der Waals surface area contributed by atoms with E-state index in [1.165, 1.54) is 16.5 Å². The highest BCUT2D eigenvalue weighted by Gasteiger charge is 2.24. The lowest BCUT2D eigenvalue weighted by atomic mass is 10.0. The molecule has 0 unspecified atom stereocenters. The van der Waals surface area contributed by atoms with E-state index in [1.807, 2.05) is 6.07 Å². The molecular weight excluding hydrogens is 290 g/mol. The first-order valence-electron chi connectivity index (χ1n) is 7.97. The number of aromatic nitrogens is 3. The first-order valence-corrected chi connectivity index (χ1v) is 7.97. The molecule has 0 radical (unpaired) electrons. The second-order valence-corrected chi connectivity index (χ2v) is 6.35. The molecule has 1 aromatic carbocycles. The predicted molar refractivity (Wildman–Crippen MR) is 89.8 cm³/mol. The monoisotopic (exact) mass is 307 g/mol. The van der Waals surface area contributed by atoms with Crippen molar-refractivity contribution in [1.29, 1.82) is 0 Å². The lowest BCUT2D eigenvalue weighted by Crippen LogP contribution is -2.27. The average molecular weight is 307 g/mol. The molecule has 0 saturated heterocycles. The van der Waals surface area contributed by atoms with Crippen LogP contribution in [0.25, 0.3) is 22.3 Å². The van der Waals surface area contributed by atoms with Crippen LogP contribution in [0.4, 0.5) is 11.4 Å². The first kappa shape index (κ1) is 12.8. The third kappa shape index (κ3) is 1.75. The normalized spacial score (nSPS) is 16.1. The van der Waals surface area contributed by atoms with Crippen LogP contribution in [-0.4, -0.2) is 27.6 Å². The SMILES string of the molecule is Cc1[nH]nc2c1CCCc1c-2[nH]c2cc3c(cc12)NCC(=O)N3. The molecule has 116 valence electrons. The maximum Gasteiger partial charge on any atom is 0.243 e. The third-order valence-corrected chi connectivity index (χ3v) is 4.92. The molecule has 2 aliphatic rings. The van der Waals surface area contributed by atoms with Crippen LogP contribution in [0.15, 0.2) is 12.1 Å². The zero-order valence-corrected chi connectivity index (χ0v) is 12.8. The number of hydrogen-bond acceptors (Lipinski definition) is 3. The summed E-state index contributed by atoms with van der Waals surface area (Å²) in [4.78, 5) is 15.1. The Kier molecular flexibility index (Phi) is 2.43. The van der Waals surface area contributed by atoms with Crippen LogP contribution < -0.4 is 10.6 Å². The zero-order valence-electron chi connectivity index (χ0n) is 12.8. The van der Waals surface area contributed by atoms with Gasteiger partial charge in [-0.05, 0) is 43.9 Å². The molecule has 6 heteroatoms. The van der Waals surface area contributed by atoms with Gasteiger partial charge in [-0.1, -0.05) is 0 Å². The Balaban J connectivity index is 1.77. The molecule has 0 bridgehead atoms. The molecule has 2 aromatic heterocycles. The maximum absolute atomic E-state index is 11.6. The highest BCUT2D eigenvalue weighted by molar-refractivity contribution is 6.05. The number of fused-ring (bicyclic) bond motifs is 6. The number of H-pyrrole nitrogens is 2. The van der Waals surface area contributed by atoms with E-state index in [0.717, 1.165) is 53.2 Å². The van der Waals surface area contributed by atoms with Gasteiger partial charge in [0.2, 0.25) is 5.91 Å². The van der Waals surface area contributed by atoms with Crippen molar-refractivity contribution in [2.45, 2.75) is 26.2 Å². The number of anilines is 2. The van der Waals surface area contributed by atoms with Crippen molar-refractivity contribution in [3.05, 3.63) is 29.0 Å². The van der Waals surface area contributed by atoms with Gasteiger partial charge in [-0.15, -0.1) is 0 Å². The maximum atomic E-state index is 11.6. The van der Waals surface area contributed by atoms with Gasteiger partial charge in [-0.25, -0.2) is 0 Å². The Bertz CT molecular complexity index is 965. The molecule has 0 fully saturated rings. The van der Waals surface area contributed by atoms with E-state index in [9.17, 15) is 4.79 Å². The topological polar surface area (TPSA) is 85.6 Å². The summed E-state index contributed by atoms with van der Waals surface area (Å²) in [6, 6.07) is 4.16. The van der Waals surface area contributed by atoms with Gasteiger partial charge < -0.3 is 15.6 Å². The largest absolute Gasteiger partial charge is 0.374 e. The second-order valence-electron chi connectivity index (χ2n) is 6.35. The van der Waals surface area contributed by atoms with Crippen molar-refractivity contribution in [2.24, 2.45) is 0 Å². The molecule has 3 heterocycles. The number of benzene rings is 1. The Morgan fingerprint density at radius 1 is 1.13 bits per heavy atom. The minimum atomic E-state index is -0.00446. The molecule has 1 amide bonds. The lowest BCUT2D eigenvalue weighted by Gasteiger charge is -2.18. The number of carbonyl (C=O) groups is 1. The average Bonchev–Trinajstić information content (AvgIpc) is 3.00. The van der Waals surface area contributed by atoms with Crippen molar-refractivity contribution < 1.29 is 4.79 Å². The van der Waals surface area contributed by atoms with E-state index in [4.69, 9.17) is 0 Å². The molecule has 6 nitrogen and oxygen atoms in total. The number of carbonyl (C=O) groups excluding carboxylic acids is 1. The number of amides is 1. The quantitative estimate of drug-likeness (QED) is 0.515. The van der Waals surface area contributed by atoms with Gasteiger partial charge in [-0.3, -0.25) is 9.89 Å². The number of aryl methyl sites for hydroxylation is 2. The van der Waals surface area contributed by atoms with Gasteiger partial charge in [0.15, 0.2) is 0 Å². The third-order valence-electron chi connectivity index (χ3n) is 4.92. The van der Waals surface area contributed by atoms with E-state index in [-0.39, 0.29) is 5.91 Å². The molecule has 5 rings (SSSR count). The van der Waals surface area contributed by atoms with Crippen LogP contribution in [0.3, 0.4) is 0 Å². The fraction of sp³-hybridized carbons (Fsp3) is 0.294. The summed E-state index contributed by atoms with van der Waals surface area (Å²) < 4.78 is 0. The summed E-state index contributed by atoms with van der Waals surface area (Å²) in [5, 5.41) is 15.0. The summed E-state index contributed by atoms with van der Waals surface area (Å²) in [6.07, 6.45) is 3.21. The number of aromatic amines is 2. The van der Waals surface area contributed by atoms with E-state index in [1.54, 1.807) is 0 Å². The van der Waals surface area contributed by atoms with Crippen molar-refractivity contribution >= 4 is 28.2 Å². The molecule has 0 saturated carbocycles. The van der Waals surface area contributed by atoms with Gasteiger partial charge in [-0.2, -0.15) is 5.10 Å². The molecular formula is C17H17N5O. The molecule has 0 atom stereocenters. The molecule has 23 heavy (non-hydrogen) atoms. The summed E-state index contributed by atoms with van der Waals surface area (Å²) in [5.41, 5.74) is 8.82.